The molecule has 0 saturated carbocycles. The van der Waals surface area contributed by atoms with Gasteiger partial charge in [-0.3, -0.25) is 0 Å². The zero-order chi connectivity index (χ0) is 15.4. The lowest BCUT2D eigenvalue weighted by Gasteiger charge is -1.91. The van der Waals surface area contributed by atoms with Gasteiger partial charge in [0.25, 0.3) is 0 Å². The van der Waals surface area contributed by atoms with Crippen molar-refractivity contribution >= 4 is 21.9 Å². The van der Waals surface area contributed by atoms with E-state index in [1.54, 1.807) is 24.3 Å². The van der Waals surface area contributed by atoms with E-state index >= 15 is 0 Å². The van der Waals surface area contributed by atoms with Crippen LogP contribution >= 0.6 is 0 Å². The van der Waals surface area contributed by atoms with Crippen molar-refractivity contribution in [3.8, 4) is 0 Å². The second-order valence-corrected chi connectivity index (χ2v) is 4.58. The van der Waals surface area contributed by atoms with Gasteiger partial charge in [0.1, 0.15) is 11.2 Å². The van der Waals surface area contributed by atoms with Gasteiger partial charge in [-0.25, -0.2) is 9.59 Å². The molecule has 4 rings (SSSR count). The first-order chi connectivity index (χ1) is 10.7. The average molecular weight is 310 g/mol. The monoisotopic (exact) mass is 310 g/mol. The average Bonchev–Trinajstić information content (AvgIpc) is 2.55. The molecule has 2 N–H and O–H groups in total. The van der Waals surface area contributed by atoms with Gasteiger partial charge in [-0.2, -0.15) is 0 Å². The predicted molar refractivity (Wildman–Crippen MR) is 88.6 cm³/mol. The van der Waals surface area contributed by atoms with Crippen LogP contribution in [-0.2, 0) is 0 Å². The number of fused-ring (bicyclic) bond motifs is 2. The van der Waals surface area contributed by atoms with Crippen LogP contribution in [-0.4, -0.2) is 5.48 Å². The Balaban J connectivity index is 0.000000160. The molecule has 2 heterocycles. The number of hydrogen-bond donors (Lipinski definition) is 0. The van der Waals surface area contributed by atoms with Crippen LogP contribution in [0.25, 0.3) is 21.9 Å². The highest BCUT2D eigenvalue weighted by molar-refractivity contribution is 5.76. The van der Waals surface area contributed by atoms with E-state index < -0.39 is 0 Å². The molecule has 2 aromatic carbocycles. The normalized spacial score (nSPS) is 9.74. The zero-order valence-corrected chi connectivity index (χ0v) is 12.1. The Labute approximate surface area is 130 Å². The summed E-state index contributed by atoms with van der Waals surface area (Å²) in [7, 11) is 0. The summed E-state index contributed by atoms with van der Waals surface area (Å²) in [4.78, 5) is 21.4. The predicted octanol–water partition coefficient (Wildman–Crippen LogP) is 2.76. The first-order valence-corrected chi connectivity index (χ1v) is 6.70. The fraction of sp³-hybridized carbons (Fsp3) is 0. The van der Waals surface area contributed by atoms with Crippen LogP contribution in [0, 0.1) is 0 Å². The van der Waals surface area contributed by atoms with Crippen LogP contribution in [0.5, 0.6) is 0 Å². The van der Waals surface area contributed by atoms with Crippen molar-refractivity contribution in [2.24, 2.45) is 0 Å². The fourth-order valence-corrected chi connectivity index (χ4v) is 2.02. The molecule has 4 aromatic rings. The molecular formula is C18H14O5. The molecule has 0 bridgehead atoms. The molecule has 5 nitrogen and oxygen atoms in total. The van der Waals surface area contributed by atoms with Gasteiger partial charge in [0, 0.05) is 22.9 Å². The standard InChI is InChI=1S/2C9H6O2.H2O/c2*10-9-6-5-7-3-1-2-4-8(7)11-9;/h2*1-6H;1H2. The third-order valence-electron chi connectivity index (χ3n) is 3.06. The largest absolute Gasteiger partial charge is 0.423 e. The third-order valence-corrected chi connectivity index (χ3v) is 3.06. The van der Waals surface area contributed by atoms with E-state index in [1.165, 1.54) is 12.1 Å². The molecule has 0 radical (unpaired) electrons. The van der Waals surface area contributed by atoms with Gasteiger partial charge < -0.3 is 14.3 Å². The summed E-state index contributed by atoms with van der Waals surface area (Å²) < 4.78 is 9.81. The molecule has 5 heteroatoms. The van der Waals surface area contributed by atoms with Gasteiger partial charge in [0.15, 0.2) is 0 Å². The maximum atomic E-state index is 10.7. The Hall–Kier alpha value is -3.18. The summed E-state index contributed by atoms with van der Waals surface area (Å²) in [5.74, 6) is 0. The SMILES string of the molecule is O.O=c1ccc2ccccc2o1.O=c1ccc2ccccc2o1. The Bertz CT molecular complexity index is 945. The maximum absolute atomic E-state index is 10.7. The van der Waals surface area contributed by atoms with Crippen LogP contribution in [0.15, 0.2) is 91.2 Å². The molecular weight excluding hydrogens is 296 g/mol. The summed E-state index contributed by atoms with van der Waals surface area (Å²) in [6, 6.07) is 21.2. The molecule has 0 unspecified atom stereocenters. The number of para-hydroxylation sites is 2. The summed E-state index contributed by atoms with van der Waals surface area (Å²) in [5.41, 5.74) is 0.674. The van der Waals surface area contributed by atoms with Crippen LogP contribution < -0.4 is 11.3 Å². The van der Waals surface area contributed by atoms with Crippen molar-refractivity contribution in [3.63, 3.8) is 0 Å². The molecule has 116 valence electrons. The Morgan fingerprint density at radius 1 is 0.522 bits per heavy atom. The molecule has 0 aliphatic rings. The van der Waals surface area contributed by atoms with Crippen LogP contribution in [0.2, 0.25) is 0 Å². The van der Waals surface area contributed by atoms with Gasteiger partial charge >= 0.3 is 11.3 Å². The van der Waals surface area contributed by atoms with Gasteiger partial charge in [-0.05, 0) is 24.3 Å². The van der Waals surface area contributed by atoms with Crippen molar-refractivity contribution in [1.82, 2.24) is 0 Å². The smallest absolute Gasteiger partial charge is 0.336 e. The van der Waals surface area contributed by atoms with Crippen molar-refractivity contribution in [1.29, 1.82) is 0 Å². The topological polar surface area (TPSA) is 91.9 Å². The minimum atomic E-state index is -0.302. The molecule has 2 aromatic heterocycles. The highest BCUT2D eigenvalue weighted by atomic mass is 16.4. The lowest BCUT2D eigenvalue weighted by Crippen LogP contribution is -1.93. The Morgan fingerprint density at radius 3 is 1.35 bits per heavy atom. The summed E-state index contributed by atoms with van der Waals surface area (Å²) in [6.45, 7) is 0. The first kappa shape index (κ1) is 16.2. The van der Waals surface area contributed by atoms with Gasteiger partial charge in [0.05, 0.1) is 0 Å². The summed E-state index contributed by atoms with van der Waals surface area (Å²) >= 11 is 0. The Morgan fingerprint density at radius 2 is 0.913 bits per heavy atom. The van der Waals surface area contributed by atoms with Crippen LogP contribution in [0.3, 0.4) is 0 Å². The maximum Gasteiger partial charge on any atom is 0.336 e. The first-order valence-electron chi connectivity index (χ1n) is 6.70. The Kier molecular flexibility index (Phi) is 5.07. The molecule has 0 aliphatic carbocycles. The van der Waals surface area contributed by atoms with E-state index in [0.29, 0.717) is 11.2 Å². The summed E-state index contributed by atoms with van der Waals surface area (Å²) in [6.07, 6.45) is 0. The van der Waals surface area contributed by atoms with E-state index in [1.807, 2.05) is 36.4 Å². The quantitative estimate of drug-likeness (QED) is 0.467. The third kappa shape index (κ3) is 3.93. The summed E-state index contributed by atoms with van der Waals surface area (Å²) in [5, 5.41) is 1.90. The van der Waals surface area contributed by atoms with E-state index in [-0.39, 0.29) is 16.7 Å². The molecule has 0 amide bonds. The minimum absolute atomic E-state index is 0. The number of hydrogen-bond acceptors (Lipinski definition) is 4. The fourth-order valence-electron chi connectivity index (χ4n) is 2.02. The molecule has 0 aliphatic heterocycles. The van der Waals surface area contributed by atoms with E-state index in [4.69, 9.17) is 8.83 Å². The van der Waals surface area contributed by atoms with Crippen LogP contribution in [0.1, 0.15) is 0 Å². The molecule has 0 atom stereocenters. The van der Waals surface area contributed by atoms with Crippen molar-refractivity contribution in [2.45, 2.75) is 0 Å². The van der Waals surface area contributed by atoms with Gasteiger partial charge in [-0.15, -0.1) is 0 Å². The second-order valence-electron chi connectivity index (χ2n) is 4.58. The van der Waals surface area contributed by atoms with Gasteiger partial charge in [-0.1, -0.05) is 36.4 Å². The lowest BCUT2D eigenvalue weighted by molar-refractivity contribution is 0.560. The van der Waals surface area contributed by atoms with E-state index in [2.05, 4.69) is 0 Å². The van der Waals surface area contributed by atoms with E-state index in [9.17, 15) is 9.59 Å². The number of rotatable bonds is 0. The molecule has 0 spiro atoms. The molecule has 0 fully saturated rings. The number of benzene rings is 2. The zero-order valence-electron chi connectivity index (χ0n) is 12.1. The molecule has 0 saturated heterocycles. The van der Waals surface area contributed by atoms with Crippen LogP contribution in [0.4, 0.5) is 0 Å². The highest BCUT2D eigenvalue weighted by Gasteiger charge is 1.93. The lowest BCUT2D eigenvalue weighted by atomic mass is 10.2. The second kappa shape index (κ2) is 7.20. The van der Waals surface area contributed by atoms with Crippen molar-refractivity contribution in [2.75, 3.05) is 0 Å². The molecule has 23 heavy (non-hydrogen) atoms. The minimum Gasteiger partial charge on any atom is -0.423 e. The van der Waals surface area contributed by atoms with E-state index in [0.717, 1.165) is 10.8 Å². The van der Waals surface area contributed by atoms with Gasteiger partial charge in [0.2, 0.25) is 0 Å². The highest BCUT2D eigenvalue weighted by Crippen LogP contribution is 2.09. The van der Waals surface area contributed by atoms with Crippen molar-refractivity contribution in [3.05, 3.63) is 93.6 Å². The van der Waals surface area contributed by atoms with Crippen molar-refractivity contribution < 1.29 is 14.3 Å².